The zero-order chi connectivity index (χ0) is 20.8. The third kappa shape index (κ3) is 4.04. The molecule has 1 saturated carbocycles. The Kier molecular flexibility index (Phi) is 4.72. The van der Waals surface area contributed by atoms with Crippen LogP contribution in [0.2, 0.25) is 0 Å². The molecular weight excluding hydrogens is 360 g/mol. The van der Waals surface area contributed by atoms with Crippen molar-refractivity contribution in [1.82, 2.24) is 9.99 Å². The Hall–Kier alpha value is -2.69. The topological polar surface area (TPSA) is 57.6 Å². The van der Waals surface area contributed by atoms with E-state index in [1.54, 1.807) is 17.4 Å². The van der Waals surface area contributed by atoms with Crippen LogP contribution in [0.5, 0.6) is 0 Å². The standard InChI is InChI=1S/C24H30N4O/c1-16-6-7-19-20(12-16)26-22(29)28(27-21(19)17-8-10-25-11-9-17)18-13-23(2,3)15-24(4,5)14-18/h6-12,18H,13-15H2,1-5H3,(H,26,29). The van der Waals surface area contributed by atoms with Crippen molar-refractivity contribution in [2.24, 2.45) is 15.9 Å². The van der Waals surface area contributed by atoms with E-state index in [0.717, 1.165) is 47.4 Å². The lowest BCUT2D eigenvalue weighted by Gasteiger charge is -2.46. The Morgan fingerprint density at radius 1 is 1.03 bits per heavy atom. The Labute approximate surface area is 173 Å². The Bertz CT molecular complexity index is 946. The van der Waals surface area contributed by atoms with Crippen molar-refractivity contribution in [3.05, 3.63) is 59.4 Å². The van der Waals surface area contributed by atoms with Crippen molar-refractivity contribution in [2.75, 3.05) is 5.32 Å². The second kappa shape index (κ2) is 6.97. The number of benzene rings is 1. The number of nitrogens with zero attached hydrogens (tertiary/aromatic N) is 3. The molecule has 1 aromatic heterocycles. The van der Waals surface area contributed by atoms with Gasteiger partial charge >= 0.3 is 6.03 Å². The van der Waals surface area contributed by atoms with E-state index < -0.39 is 0 Å². The molecule has 1 aliphatic heterocycles. The summed E-state index contributed by atoms with van der Waals surface area (Å²) in [7, 11) is 0. The molecule has 0 bridgehead atoms. The smallest absolute Gasteiger partial charge is 0.306 e. The number of fused-ring (bicyclic) bond motifs is 1. The molecule has 0 radical (unpaired) electrons. The number of anilines is 1. The number of urea groups is 1. The number of carbonyl (C=O) groups excluding carboxylic acids is 1. The molecule has 29 heavy (non-hydrogen) atoms. The Morgan fingerprint density at radius 2 is 1.69 bits per heavy atom. The number of rotatable bonds is 2. The van der Waals surface area contributed by atoms with E-state index >= 15 is 0 Å². The van der Waals surface area contributed by atoms with E-state index in [1.807, 2.05) is 31.2 Å². The van der Waals surface area contributed by atoms with Crippen molar-refractivity contribution in [3.8, 4) is 0 Å². The molecular formula is C24H30N4O. The molecule has 0 saturated heterocycles. The molecule has 2 aromatic rings. The molecule has 0 unspecified atom stereocenters. The van der Waals surface area contributed by atoms with Crippen molar-refractivity contribution in [1.29, 1.82) is 0 Å². The van der Waals surface area contributed by atoms with Crippen LogP contribution in [0.3, 0.4) is 0 Å². The maximum absolute atomic E-state index is 13.3. The zero-order valence-corrected chi connectivity index (χ0v) is 18.0. The number of hydrazone groups is 1. The number of carbonyl (C=O) groups is 1. The fourth-order valence-electron chi connectivity index (χ4n) is 5.28. The molecule has 2 aliphatic rings. The zero-order valence-electron chi connectivity index (χ0n) is 18.0. The summed E-state index contributed by atoms with van der Waals surface area (Å²) in [5, 5.41) is 9.79. The summed E-state index contributed by atoms with van der Waals surface area (Å²) >= 11 is 0. The van der Waals surface area contributed by atoms with Crippen LogP contribution in [0.1, 0.15) is 63.6 Å². The molecule has 0 atom stereocenters. The fraction of sp³-hybridized carbons (Fsp3) is 0.458. The van der Waals surface area contributed by atoms with Crippen LogP contribution in [0.15, 0.2) is 47.8 Å². The van der Waals surface area contributed by atoms with Gasteiger partial charge in [-0.15, -0.1) is 0 Å². The van der Waals surface area contributed by atoms with Gasteiger partial charge in [-0.1, -0.05) is 39.8 Å². The maximum Gasteiger partial charge on any atom is 0.342 e. The first-order chi connectivity index (χ1) is 13.6. The Morgan fingerprint density at radius 3 is 2.34 bits per heavy atom. The SMILES string of the molecule is Cc1ccc2c(c1)NC(=O)N(C1CC(C)(C)CC(C)(C)C1)N=C2c1ccncc1. The Balaban J connectivity index is 1.83. The van der Waals surface area contributed by atoms with Crippen LogP contribution in [-0.4, -0.2) is 27.8 Å². The van der Waals surface area contributed by atoms with E-state index in [4.69, 9.17) is 5.10 Å². The lowest BCUT2D eigenvalue weighted by atomic mass is 9.63. The number of aryl methyl sites for hydroxylation is 1. The minimum atomic E-state index is -0.153. The van der Waals surface area contributed by atoms with Crippen molar-refractivity contribution >= 4 is 17.4 Å². The second-order valence-corrected chi connectivity index (χ2v) is 10.1. The average Bonchev–Trinajstić information content (AvgIpc) is 2.75. The van der Waals surface area contributed by atoms with Gasteiger partial charge < -0.3 is 5.32 Å². The molecule has 1 aliphatic carbocycles. The van der Waals surface area contributed by atoms with Gasteiger partial charge in [0.2, 0.25) is 0 Å². The molecule has 2 heterocycles. The lowest BCUT2D eigenvalue weighted by molar-refractivity contribution is 0.0434. The molecule has 152 valence electrons. The van der Waals surface area contributed by atoms with Gasteiger partial charge in [0.1, 0.15) is 5.71 Å². The van der Waals surface area contributed by atoms with Gasteiger partial charge in [-0.2, -0.15) is 5.10 Å². The van der Waals surface area contributed by atoms with Crippen LogP contribution >= 0.6 is 0 Å². The van der Waals surface area contributed by atoms with E-state index in [2.05, 4.69) is 44.1 Å². The third-order valence-electron chi connectivity index (χ3n) is 5.92. The summed E-state index contributed by atoms with van der Waals surface area (Å²) in [4.78, 5) is 17.4. The van der Waals surface area contributed by atoms with Gasteiger partial charge in [0.05, 0.1) is 11.7 Å². The van der Waals surface area contributed by atoms with Crippen LogP contribution in [0.4, 0.5) is 10.5 Å². The number of aromatic nitrogens is 1. The largest absolute Gasteiger partial charge is 0.342 e. The molecule has 5 heteroatoms. The highest BCUT2D eigenvalue weighted by Gasteiger charge is 2.43. The van der Waals surface area contributed by atoms with E-state index in [0.29, 0.717) is 0 Å². The molecule has 0 spiro atoms. The van der Waals surface area contributed by atoms with Gasteiger partial charge in [-0.3, -0.25) is 4.98 Å². The maximum atomic E-state index is 13.3. The molecule has 2 amide bonds. The van der Waals surface area contributed by atoms with Crippen LogP contribution < -0.4 is 5.32 Å². The molecule has 1 aromatic carbocycles. The first kappa shape index (κ1) is 19.6. The normalized spacial score (nSPS) is 21.1. The molecule has 1 fully saturated rings. The third-order valence-corrected chi connectivity index (χ3v) is 5.92. The first-order valence-corrected chi connectivity index (χ1v) is 10.3. The molecule has 1 N–H and O–H groups in total. The predicted octanol–water partition coefficient (Wildman–Crippen LogP) is 5.59. The summed E-state index contributed by atoms with van der Waals surface area (Å²) in [5.74, 6) is 0. The molecule has 5 nitrogen and oxygen atoms in total. The monoisotopic (exact) mass is 390 g/mol. The first-order valence-electron chi connectivity index (χ1n) is 10.3. The van der Waals surface area contributed by atoms with E-state index in [9.17, 15) is 4.79 Å². The number of nitrogens with one attached hydrogen (secondary N) is 1. The predicted molar refractivity (Wildman–Crippen MR) is 117 cm³/mol. The van der Waals surface area contributed by atoms with Crippen LogP contribution in [0.25, 0.3) is 0 Å². The number of hydrogen-bond acceptors (Lipinski definition) is 3. The van der Waals surface area contributed by atoms with Gasteiger partial charge in [0.25, 0.3) is 0 Å². The van der Waals surface area contributed by atoms with Crippen LogP contribution in [0, 0.1) is 17.8 Å². The highest BCUT2D eigenvalue weighted by atomic mass is 16.2. The summed E-state index contributed by atoms with van der Waals surface area (Å²) in [6.07, 6.45) is 6.55. The quantitative estimate of drug-likeness (QED) is 0.726. The summed E-state index contributed by atoms with van der Waals surface area (Å²) < 4.78 is 0. The number of amides is 2. The second-order valence-electron chi connectivity index (χ2n) is 10.1. The van der Waals surface area contributed by atoms with E-state index in [1.165, 1.54) is 0 Å². The van der Waals surface area contributed by atoms with Crippen molar-refractivity contribution in [3.63, 3.8) is 0 Å². The van der Waals surface area contributed by atoms with Gasteiger partial charge in [0.15, 0.2) is 0 Å². The van der Waals surface area contributed by atoms with E-state index in [-0.39, 0.29) is 22.9 Å². The average molecular weight is 391 g/mol. The minimum absolute atomic E-state index is 0.0565. The fourth-order valence-corrected chi connectivity index (χ4v) is 5.28. The van der Waals surface area contributed by atoms with Crippen LogP contribution in [-0.2, 0) is 0 Å². The minimum Gasteiger partial charge on any atom is -0.306 e. The number of hydrogen-bond donors (Lipinski definition) is 1. The summed E-state index contributed by atoms with van der Waals surface area (Å²) in [6.45, 7) is 11.2. The lowest BCUT2D eigenvalue weighted by Crippen LogP contribution is -2.47. The van der Waals surface area contributed by atoms with Gasteiger partial charge in [0, 0.05) is 23.5 Å². The van der Waals surface area contributed by atoms with Crippen molar-refractivity contribution in [2.45, 2.75) is 59.9 Å². The molecule has 4 rings (SSSR count). The van der Waals surface area contributed by atoms with Gasteiger partial charge in [-0.05, 0) is 60.8 Å². The van der Waals surface area contributed by atoms with Crippen molar-refractivity contribution < 1.29 is 4.79 Å². The summed E-state index contributed by atoms with van der Waals surface area (Å²) in [6, 6.07) is 9.92. The summed E-state index contributed by atoms with van der Waals surface area (Å²) in [5.41, 5.74) is 4.94. The highest BCUT2D eigenvalue weighted by molar-refractivity contribution is 6.18. The number of pyridine rings is 1. The highest BCUT2D eigenvalue weighted by Crippen LogP contribution is 2.47. The van der Waals surface area contributed by atoms with Gasteiger partial charge in [-0.25, -0.2) is 9.80 Å².